The molecule has 0 N–H and O–H groups in total. The fraction of sp³-hybridized carbons (Fsp3) is 0.179. The monoisotopic (exact) mass is 450 g/mol. The van der Waals surface area contributed by atoms with Crippen molar-refractivity contribution in [1.82, 2.24) is 15.1 Å². The molecule has 0 unspecified atom stereocenters. The molecule has 0 atom stereocenters. The van der Waals surface area contributed by atoms with E-state index in [-0.39, 0.29) is 5.91 Å². The number of nitrogens with zero attached hydrogens (tertiary/aromatic N) is 4. The highest BCUT2D eigenvalue weighted by atomic mass is 16.5. The van der Waals surface area contributed by atoms with Gasteiger partial charge in [0, 0.05) is 37.3 Å². The van der Waals surface area contributed by atoms with Crippen molar-refractivity contribution in [2.75, 3.05) is 31.1 Å². The minimum absolute atomic E-state index is 0.0342. The van der Waals surface area contributed by atoms with E-state index in [9.17, 15) is 4.79 Å². The van der Waals surface area contributed by atoms with Crippen LogP contribution in [0.15, 0.2) is 91.0 Å². The maximum Gasteiger partial charge on any atom is 0.253 e. The third-order valence-corrected chi connectivity index (χ3v) is 6.04. The molecular weight excluding hydrogens is 424 g/mol. The Balaban J connectivity index is 1.18. The lowest BCUT2D eigenvalue weighted by Crippen LogP contribution is -2.49. The van der Waals surface area contributed by atoms with Crippen molar-refractivity contribution < 1.29 is 9.53 Å². The Morgan fingerprint density at radius 2 is 1.41 bits per heavy atom. The van der Waals surface area contributed by atoms with Crippen LogP contribution in [0.3, 0.4) is 0 Å². The molecule has 1 aliphatic heterocycles. The molecule has 1 aliphatic rings. The predicted octanol–water partition coefficient (Wildman–Crippen LogP) is 5.21. The van der Waals surface area contributed by atoms with Crippen LogP contribution in [0.2, 0.25) is 0 Å². The molecule has 34 heavy (non-hydrogen) atoms. The molecule has 6 nitrogen and oxygen atoms in total. The number of aromatic nitrogens is 2. The summed E-state index contributed by atoms with van der Waals surface area (Å²) in [7, 11) is 0. The van der Waals surface area contributed by atoms with E-state index in [1.54, 1.807) is 0 Å². The Labute approximate surface area is 199 Å². The first kappa shape index (κ1) is 21.6. The topological polar surface area (TPSA) is 58.6 Å². The highest BCUT2D eigenvalue weighted by Gasteiger charge is 2.23. The van der Waals surface area contributed by atoms with Crippen molar-refractivity contribution in [3.63, 3.8) is 0 Å². The summed E-state index contributed by atoms with van der Waals surface area (Å²) in [6, 6.07) is 29.1. The van der Waals surface area contributed by atoms with E-state index in [1.807, 2.05) is 83.8 Å². The Morgan fingerprint density at radius 3 is 2.09 bits per heavy atom. The van der Waals surface area contributed by atoms with Crippen LogP contribution in [0, 0.1) is 6.92 Å². The number of hydrogen-bond donors (Lipinski definition) is 0. The lowest BCUT2D eigenvalue weighted by atomic mass is 10.1. The summed E-state index contributed by atoms with van der Waals surface area (Å²) in [5, 5.41) is 8.89. The minimum Gasteiger partial charge on any atom is -0.457 e. The third-order valence-electron chi connectivity index (χ3n) is 6.04. The number of amides is 1. The number of rotatable bonds is 5. The molecule has 0 radical (unpaired) electrons. The molecule has 0 aliphatic carbocycles. The largest absolute Gasteiger partial charge is 0.457 e. The van der Waals surface area contributed by atoms with Crippen LogP contribution in [-0.2, 0) is 0 Å². The van der Waals surface area contributed by atoms with E-state index >= 15 is 0 Å². The zero-order chi connectivity index (χ0) is 23.3. The second-order valence-electron chi connectivity index (χ2n) is 8.31. The maximum atomic E-state index is 13.0. The van der Waals surface area contributed by atoms with Crippen LogP contribution in [0.5, 0.6) is 11.5 Å². The van der Waals surface area contributed by atoms with Crippen molar-refractivity contribution in [3.05, 3.63) is 102 Å². The van der Waals surface area contributed by atoms with E-state index in [0.717, 1.165) is 35.9 Å². The molecule has 3 aromatic carbocycles. The molecule has 0 saturated carbocycles. The van der Waals surface area contributed by atoms with Crippen molar-refractivity contribution in [2.24, 2.45) is 0 Å². The van der Waals surface area contributed by atoms with Gasteiger partial charge in [-0.3, -0.25) is 4.79 Å². The molecule has 1 saturated heterocycles. The summed E-state index contributed by atoms with van der Waals surface area (Å²) in [6.07, 6.45) is 0. The van der Waals surface area contributed by atoms with Crippen molar-refractivity contribution in [3.8, 4) is 22.8 Å². The van der Waals surface area contributed by atoms with Gasteiger partial charge in [-0.2, -0.15) is 0 Å². The third kappa shape index (κ3) is 4.76. The van der Waals surface area contributed by atoms with Gasteiger partial charge in [-0.05, 0) is 61.0 Å². The normalized spacial score (nSPS) is 13.6. The fourth-order valence-corrected chi connectivity index (χ4v) is 4.11. The first-order valence-corrected chi connectivity index (χ1v) is 11.4. The summed E-state index contributed by atoms with van der Waals surface area (Å²) in [4.78, 5) is 17.0. The second-order valence-corrected chi connectivity index (χ2v) is 8.31. The molecule has 4 aromatic rings. The van der Waals surface area contributed by atoms with Crippen LogP contribution >= 0.6 is 0 Å². The lowest BCUT2D eigenvalue weighted by molar-refractivity contribution is 0.0746. The summed E-state index contributed by atoms with van der Waals surface area (Å²) < 4.78 is 5.82. The number of carbonyl (C=O) groups excluding carboxylic acids is 1. The summed E-state index contributed by atoms with van der Waals surface area (Å²) in [5.41, 5.74) is 3.81. The standard InChI is InChI=1S/C28H26N4O2/c1-21-7-5-6-10-25(21)26-15-16-27(30-29-26)31-17-19-32(20-18-31)28(33)22-11-13-24(14-12-22)34-23-8-3-2-4-9-23/h2-16H,17-20H2,1H3. The number of carbonyl (C=O) groups is 1. The molecule has 170 valence electrons. The van der Waals surface area contributed by atoms with E-state index in [0.29, 0.717) is 24.4 Å². The average molecular weight is 451 g/mol. The molecular formula is C28H26N4O2. The quantitative estimate of drug-likeness (QED) is 0.418. The zero-order valence-corrected chi connectivity index (χ0v) is 19.1. The maximum absolute atomic E-state index is 13.0. The predicted molar refractivity (Wildman–Crippen MR) is 133 cm³/mol. The number of hydrogen-bond acceptors (Lipinski definition) is 5. The van der Waals surface area contributed by atoms with Crippen molar-refractivity contribution >= 4 is 11.7 Å². The Morgan fingerprint density at radius 1 is 0.735 bits per heavy atom. The van der Waals surface area contributed by atoms with Gasteiger partial charge in [-0.1, -0.05) is 42.5 Å². The average Bonchev–Trinajstić information content (AvgIpc) is 2.90. The van der Waals surface area contributed by atoms with E-state index in [4.69, 9.17) is 4.74 Å². The summed E-state index contributed by atoms with van der Waals surface area (Å²) in [5.74, 6) is 2.35. The number of piperazine rings is 1. The van der Waals surface area contributed by atoms with Crippen LogP contribution in [0.25, 0.3) is 11.3 Å². The smallest absolute Gasteiger partial charge is 0.253 e. The van der Waals surface area contributed by atoms with Gasteiger partial charge in [0.1, 0.15) is 11.5 Å². The van der Waals surface area contributed by atoms with Gasteiger partial charge in [0.25, 0.3) is 5.91 Å². The molecule has 1 amide bonds. The van der Waals surface area contributed by atoms with Crippen LogP contribution < -0.4 is 9.64 Å². The molecule has 2 heterocycles. The summed E-state index contributed by atoms with van der Waals surface area (Å²) in [6.45, 7) is 4.80. The highest BCUT2D eigenvalue weighted by Crippen LogP contribution is 2.24. The van der Waals surface area contributed by atoms with Gasteiger partial charge in [0.05, 0.1) is 5.69 Å². The number of anilines is 1. The Hall–Kier alpha value is -4.19. The van der Waals surface area contributed by atoms with Gasteiger partial charge in [-0.25, -0.2) is 0 Å². The minimum atomic E-state index is 0.0342. The van der Waals surface area contributed by atoms with Crippen LogP contribution in [0.1, 0.15) is 15.9 Å². The fourth-order valence-electron chi connectivity index (χ4n) is 4.11. The molecule has 1 aromatic heterocycles. The van der Waals surface area contributed by atoms with E-state index in [1.165, 1.54) is 5.56 Å². The molecule has 5 rings (SSSR count). The Kier molecular flexibility index (Phi) is 6.21. The van der Waals surface area contributed by atoms with Crippen LogP contribution in [-0.4, -0.2) is 47.2 Å². The number of para-hydroxylation sites is 1. The second kappa shape index (κ2) is 9.75. The first-order chi connectivity index (χ1) is 16.7. The van der Waals surface area contributed by atoms with Crippen LogP contribution in [0.4, 0.5) is 5.82 Å². The molecule has 6 heteroatoms. The number of benzene rings is 3. The lowest BCUT2D eigenvalue weighted by Gasteiger charge is -2.35. The van der Waals surface area contributed by atoms with Crippen molar-refractivity contribution in [1.29, 1.82) is 0 Å². The number of aryl methyl sites for hydroxylation is 1. The van der Waals surface area contributed by atoms with Gasteiger partial charge in [0.15, 0.2) is 5.82 Å². The molecule has 1 fully saturated rings. The summed E-state index contributed by atoms with van der Waals surface area (Å²) >= 11 is 0. The van der Waals surface area contributed by atoms with Gasteiger partial charge >= 0.3 is 0 Å². The van der Waals surface area contributed by atoms with Gasteiger partial charge in [0.2, 0.25) is 0 Å². The van der Waals surface area contributed by atoms with E-state index in [2.05, 4.69) is 34.2 Å². The van der Waals surface area contributed by atoms with Crippen molar-refractivity contribution in [2.45, 2.75) is 6.92 Å². The van der Waals surface area contributed by atoms with Gasteiger partial charge < -0.3 is 14.5 Å². The molecule has 0 bridgehead atoms. The zero-order valence-electron chi connectivity index (χ0n) is 19.1. The SMILES string of the molecule is Cc1ccccc1-c1ccc(N2CCN(C(=O)c3ccc(Oc4ccccc4)cc3)CC2)nn1. The highest BCUT2D eigenvalue weighted by molar-refractivity contribution is 5.94. The van der Waals surface area contributed by atoms with E-state index < -0.39 is 0 Å². The molecule has 0 spiro atoms. The Bertz CT molecular complexity index is 1250. The first-order valence-electron chi connectivity index (χ1n) is 11.4. The van der Waals surface area contributed by atoms with Gasteiger partial charge in [-0.15, -0.1) is 10.2 Å². The number of ether oxygens (including phenoxy) is 1.